The second-order valence-electron chi connectivity index (χ2n) is 2.88. The second-order valence-corrected chi connectivity index (χ2v) is 2.88. The van der Waals surface area contributed by atoms with Crippen molar-refractivity contribution in [2.75, 3.05) is 0 Å². The Hall–Kier alpha value is -2.06. The number of azide groups is 1. The van der Waals surface area contributed by atoms with Gasteiger partial charge < -0.3 is 0 Å². The maximum atomic E-state index is 8.24. The van der Waals surface area contributed by atoms with Gasteiger partial charge in [-0.1, -0.05) is 23.3 Å². The van der Waals surface area contributed by atoms with E-state index in [4.69, 9.17) is 5.53 Å². The first-order valence-corrected chi connectivity index (χ1v) is 4.25. The van der Waals surface area contributed by atoms with E-state index in [-0.39, 0.29) is 0 Å². The van der Waals surface area contributed by atoms with Gasteiger partial charge in [0.1, 0.15) is 0 Å². The number of hydrogen-bond acceptors (Lipinski definition) is 2. The van der Waals surface area contributed by atoms with Crippen LogP contribution >= 0.6 is 0 Å². The highest BCUT2D eigenvalue weighted by molar-refractivity contribution is 5.81. The fourth-order valence-electron chi connectivity index (χ4n) is 1.41. The predicted molar refractivity (Wildman–Crippen MR) is 54.6 cm³/mol. The van der Waals surface area contributed by atoms with E-state index in [1.807, 2.05) is 30.3 Å². The van der Waals surface area contributed by atoms with Gasteiger partial charge in [0, 0.05) is 16.5 Å². The minimum atomic E-state index is 0.375. The van der Waals surface area contributed by atoms with Crippen LogP contribution in [0.4, 0.5) is 0 Å². The zero-order chi connectivity index (χ0) is 9.80. The van der Waals surface area contributed by atoms with Gasteiger partial charge in [-0.2, -0.15) is 0 Å². The minimum absolute atomic E-state index is 0.375. The second kappa shape index (κ2) is 3.77. The molecule has 0 bridgehead atoms. The van der Waals surface area contributed by atoms with Crippen LogP contribution in [0.25, 0.3) is 21.3 Å². The molecule has 0 amide bonds. The van der Waals surface area contributed by atoms with E-state index in [1.165, 1.54) is 0 Å². The molecule has 0 atom stereocenters. The standard InChI is InChI=1S/C10H8N4/c11-14-13-7-8-3-1-5-10-9(8)4-2-6-12-10/h1-6H,7H2. The number of pyridine rings is 1. The van der Waals surface area contributed by atoms with Crippen molar-refractivity contribution < 1.29 is 0 Å². The van der Waals surface area contributed by atoms with Crippen molar-refractivity contribution in [1.29, 1.82) is 0 Å². The summed E-state index contributed by atoms with van der Waals surface area (Å²) in [5.41, 5.74) is 10.2. The van der Waals surface area contributed by atoms with Crippen molar-refractivity contribution in [3.63, 3.8) is 0 Å². The summed E-state index contributed by atoms with van der Waals surface area (Å²) in [5.74, 6) is 0. The summed E-state index contributed by atoms with van der Waals surface area (Å²) in [7, 11) is 0. The molecule has 0 aliphatic heterocycles. The van der Waals surface area contributed by atoms with Crippen molar-refractivity contribution in [3.8, 4) is 0 Å². The maximum Gasteiger partial charge on any atom is 0.0704 e. The normalized spacial score (nSPS) is 9.71. The molecule has 0 spiro atoms. The summed E-state index contributed by atoms with van der Waals surface area (Å²) in [6.45, 7) is 0.375. The van der Waals surface area contributed by atoms with E-state index >= 15 is 0 Å². The van der Waals surface area contributed by atoms with Gasteiger partial charge in [-0.15, -0.1) is 0 Å². The topological polar surface area (TPSA) is 61.7 Å². The molecule has 0 fully saturated rings. The predicted octanol–water partition coefficient (Wildman–Crippen LogP) is 3.05. The van der Waals surface area contributed by atoms with E-state index in [2.05, 4.69) is 15.0 Å². The average molecular weight is 184 g/mol. The van der Waals surface area contributed by atoms with Crippen LogP contribution < -0.4 is 0 Å². The van der Waals surface area contributed by atoms with Gasteiger partial charge in [-0.3, -0.25) is 4.98 Å². The fourth-order valence-corrected chi connectivity index (χ4v) is 1.41. The average Bonchev–Trinajstić information content (AvgIpc) is 2.26. The van der Waals surface area contributed by atoms with Gasteiger partial charge in [0.2, 0.25) is 0 Å². The van der Waals surface area contributed by atoms with Crippen LogP contribution in [0.3, 0.4) is 0 Å². The molecule has 14 heavy (non-hydrogen) atoms. The highest BCUT2D eigenvalue weighted by Gasteiger charge is 1.98. The van der Waals surface area contributed by atoms with Crippen molar-refractivity contribution in [2.45, 2.75) is 6.54 Å². The summed E-state index contributed by atoms with van der Waals surface area (Å²) in [4.78, 5) is 6.96. The molecule has 4 heteroatoms. The molecule has 1 heterocycles. The van der Waals surface area contributed by atoms with Crippen molar-refractivity contribution in [1.82, 2.24) is 4.98 Å². The van der Waals surface area contributed by atoms with Crippen molar-refractivity contribution in [2.24, 2.45) is 5.11 Å². The van der Waals surface area contributed by atoms with Gasteiger partial charge in [0.25, 0.3) is 0 Å². The van der Waals surface area contributed by atoms with Crippen LogP contribution in [0.5, 0.6) is 0 Å². The summed E-state index contributed by atoms with van der Waals surface area (Å²) in [6, 6.07) is 9.65. The lowest BCUT2D eigenvalue weighted by Crippen LogP contribution is -1.85. The third-order valence-electron chi connectivity index (χ3n) is 2.04. The molecule has 0 aliphatic carbocycles. The van der Waals surface area contributed by atoms with Crippen LogP contribution in [0.1, 0.15) is 5.56 Å². The summed E-state index contributed by atoms with van der Waals surface area (Å²) in [5, 5.41) is 4.59. The molecule has 0 aliphatic rings. The molecular formula is C10H8N4. The number of nitrogens with zero attached hydrogens (tertiary/aromatic N) is 4. The third kappa shape index (κ3) is 1.51. The quantitative estimate of drug-likeness (QED) is 0.402. The van der Waals surface area contributed by atoms with E-state index in [9.17, 15) is 0 Å². The Bertz CT molecular complexity index is 495. The number of aromatic nitrogens is 1. The van der Waals surface area contributed by atoms with Crippen molar-refractivity contribution >= 4 is 10.9 Å². The number of fused-ring (bicyclic) bond motifs is 1. The molecule has 0 saturated carbocycles. The molecule has 2 rings (SSSR count). The molecule has 1 aromatic carbocycles. The molecule has 68 valence electrons. The zero-order valence-electron chi connectivity index (χ0n) is 7.46. The highest BCUT2D eigenvalue weighted by atomic mass is 15.1. The van der Waals surface area contributed by atoms with Gasteiger partial charge >= 0.3 is 0 Å². The molecule has 0 unspecified atom stereocenters. The van der Waals surface area contributed by atoms with E-state index in [0.29, 0.717) is 6.54 Å². The third-order valence-corrected chi connectivity index (χ3v) is 2.04. The monoisotopic (exact) mass is 184 g/mol. The maximum absolute atomic E-state index is 8.24. The molecule has 0 radical (unpaired) electrons. The van der Waals surface area contributed by atoms with Gasteiger partial charge in [0.15, 0.2) is 0 Å². The molecule has 4 nitrogen and oxygen atoms in total. The highest BCUT2D eigenvalue weighted by Crippen LogP contribution is 2.16. The Morgan fingerprint density at radius 2 is 2.21 bits per heavy atom. The molecule has 1 aromatic heterocycles. The Labute approximate surface area is 80.8 Å². The summed E-state index contributed by atoms with van der Waals surface area (Å²) < 4.78 is 0. The Balaban J connectivity index is 2.58. The first kappa shape index (κ1) is 8.53. The minimum Gasteiger partial charge on any atom is -0.256 e. The molecule has 0 saturated heterocycles. The number of benzene rings is 1. The van der Waals surface area contributed by atoms with E-state index in [1.54, 1.807) is 6.20 Å². The Morgan fingerprint density at radius 3 is 3.07 bits per heavy atom. The number of rotatable bonds is 2. The smallest absolute Gasteiger partial charge is 0.0704 e. The fraction of sp³-hybridized carbons (Fsp3) is 0.100. The largest absolute Gasteiger partial charge is 0.256 e. The lowest BCUT2D eigenvalue weighted by atomic mass is 10.1. The van der Waals surface area contributed by atoms with Crippen LogP contribution in [0.15, 0.2) is 41.6 Å². The summed E-state index contributed by atoms with van der Waals surface area (Å²) in [6.07, 6.45) is 1.75. The molecule has 0 N–H and O–H groups in total. The van der Waals surface area contributed by atoms with Crippen molar-refractivity contribution in [3.05, 3.63) is 52.5 Å². The Kier molecular flexibility index (Phi) is 2.30. The van der Waals surface area contributed by atoms with Gasteiger partial charge in [-0.05, 0) is 23.2 Å². The van der Waals surface area contributed by atoms with Crippen LogP contribution in [0, 0.1) is 0 Å². The number of hydrogen-bond donors (Lipinski definition) is 0. The SMILES string of the molecule is [N-]=[N+]=NCc1cccc2ncccc12. The zero-order valence-corrected chi connectivity index (χ0v) is 7.46. The lowest BCUT2D eigenvalue weighted by Gasteiger charge is -2.01. The van der Waals surface area contributed by atoms with Crippen LogP contribution in [0.2, 0.25) is 0 Å². The van der Waals surface area contributed by atoms with E-state index in [0.717, 1.165) is 16.5 Å². The van der Waals surface area contributed by atoms with Gasteiger partial charge in [-0.25, -0.2) is 0 Å². The first-order chi connectivity index (χ1) is 6.92. The van der Waals surface area contributed by atoms with Crippen LogP contribution in [-0.2, 0) is 6.54 Å². The first-order valence-electron chi connectivity index (χ1n) is 4.25. The summed E-state index contributed by atoms with van der Waals surface area (Å²) >= 11 is 0. The van der Waals surface area contributed by atoms with E-state index < -0.39 is 0 Å². The lowest BCUT2D eigenvalue weighted by molar-refractivity contribution is 1.06. The molecule has 2 aromatic rings. The molecular weight excluding hydrogens is 176 g/mol. The van der Waals surface area contributed by atoms with Gasteiger partial charge in [0.05, 0.1) is 12.1 Å². The Morgan fingerprint density at radius 1 is 1.29 bits per heavy atom. The van der Waals surface area contributed by atoms with Crippen LogP contribution in [-0.4, -0.2) is 4.98 Å².